The number of hydrogen-bond donors (Lipinski definition) is 0. The highest BCUT2D eigenvalue weighted by Gasteiger charge is 2.23. The fourth-order valence-corrected chi connectivity index (χ4v) is 3.59. The first-order valence-corrected chi connectivity index (χ1v) is 8.27. The first kappa shape index (κ1) is 16.0. The number of benzene rings is 1. The summed E-state index contributed by atoms with van der Waals surface area (Å²) in [5.41, 5.74) is 1.40. The van der Waals surface area contributed by atoms with Crippen molar-refractivity contribution in [1.29, 1.82) is 10.5 Å². The van der Waals surface area contributed by atoms with Gasteiger partial charge in [0.2, 0.25) is 0 Å². The summed E-state index contributed by atoms with van der Waals surface area (Å²) in [7, 11) is 0. The van der Waals surface area contributed by atoms with E-state index in [0.29, 0.717) is 18.8 Å². The quantitative estimate of drug-likeness (QED) is 0.807. The minimum absolute atomic E-state index is 0.00957. The van der Waals surface area contributed by atoms with Gasteiger partial charge in [0.05, 0.1) is 18.1 Å². The maximum absolute atomic E-state index is 9.16. The van der Waals surface area contributed by atoms with Crippen molar-refractivity contribution in [3.8, 4) is 12.1 Å². The Morgan fingerprint density at radius 2 is 1.95 bits per heavy atom. The summed E-state index contributed by atoms with van der Waals surface area (Å²) in [5.74, 6) is 0.598. The molecule has 1 aliphatic rings. The van der Waals surface area contributed by atoms with E-state index in [4.69, 9.17) is 10.5 Å². The number of rotatable bonds is 5. The fourth-order valence-electron chi connectivity index (χ4n) is 2.98. The van der Waals surface area contributed by atoms with Crippen molar-refractivity contribution >= 4 is 15.9 Å². The van der Waals surface area contributed by atoms with E-state index in [1.165, 1.54) is 10.0 Å². The normalized spacial score (nSPS) is 17.9. The van der Waals surface area contributed by atoms with Crippen LogP contribution >= 0.6 is 15.9 Å². The fraction of sp³-hybridized carbons (Fsp3) is 0.529. The van der Waals surface area contributed by atoms with Crippen molar-refractivity contribution < 1.29 is 0 Å². The first-order valence-electron chi connectivity index (χ1n) is 7.48. The minimum atomic E-state index is -0.00957. The molecule has 0 bridgehead atoms. The third kappa shape index (κ3) is 4.56. The van der Waals surface area contributed by atoms with E-state index in [2.05, 4.69) is 57.2 Å². The predicted molar refractivity (Wildman–Crippen MR) is 86.5 cm³/mol. The van der Waals surface area contributed by atoms with Crippen LogP contribution in [0.2, 0.25) is 0 Å². The molecular formula is C17H20BrN3. The molecule has 0 N–H and O–H groups in total. The van der Waals surface area contributed by atoms with Gasteiger partial charge in [0, 0.05) is 17.4 Å². The van der Waals surface area contributed by atoms with Crippen molar-refractivity contribution in [1.82, 2.24) is 4.90 Å². The Morgan fingerprint density at radius 3 is 2.57 bits per heavy atom. The molecule has 1 atom stereocenters. The van der Waals surface area contributed by atoms with Gasteiger partial charge >= 0.3 is 0 Å². The zero-order valence-corrected chi connectivity index (χ0v) is 13.7. The van der Waals surface area contributed by atoms with Crippen molar-refractivity contribution in [2.45, 2.75) is 31.6 Å². The van der Waals surface area contributed by atoms with Gasteiger partial charge in [-0.2, -0.15) is 10.5 Å². The number of nitriles is 2. The van der Waals surface area contributed by atoms with Crippen LogP contribution in [0.15, 0.2) is 28.7 Å². The Labute approximate surface area is 135 Å². The lowest BCUT2D eigenvalue weighted by molar-refractivity contribution is 0.193. The summed E-state index contributed by atoms with van der Waals surface area (Å²) in [6, 6.07) is 12.9. The summed E-state index contributed by atoms with van der Waals surface area (Å²) in [5, 5.41) is 17.8. The highest BCUT2D eigenvalue weighted by atomic mass is 79.9. The molecule has 0 spiro atoms. The molecule has 0 aliphatic carbocycles. The van der Waals surface area contributed by atoms with Crippen molar-refractivity contribution in [2.75, 3.05) is 19.6 Å². The van der Waals surface area contributed by atoms with Gasteiger partial charge in [-0.1, -0.05) is 34.1 Å². The molecule has 21 heavy (non-hydrogen) atoms. The second-order valence-electron chi connectivity index (χ2n) is 5.62. The third-order valence-electron chi connectivity index (χ3n) is 4.20. The molecule has 1 aromatic carbocycles. The number of nitrogens with zero attached hydrogens (tertiary/aromatic N) is 3. The predicted octanol–water partition coefficient (Wildman–Crippen LogP) is 4.07. The van der Waals surface area contributed by atoms with Crippen molar-refractivity contribution in [3.05, 3.63) is 34.3 Å². The molecular weight excluding hydrogens is 326 g/mol. The van der Waals surface area contributed by atoms with Gasteiger partial charge in [-0.25, -0.2) is 0 Å². The van der Waals surface area contributed by atoms with E-state index in [1.54, 1.807) is 0 Å². The Hall–Kier alpha value is -1.36. The number of halogens is 1. The van der Waals surface area contributed by atoms with Crippen molar-refractivity contribution in [2.24, 2.45) is 5.92 Å². The Balaban J connectivity index is 1.85. The summed E-state index contributed by atoms with van der Waals surface area (Å²) < 4.78 is 1.20. The Bertz CT molecular complexity index is 536. The summed E-state index contributed by atoms with van der Waals surface area (Å²) in [6.45, 7) is 2.88. The molecule has 0 radical (unpaired) electrons. The number of likely N-dealkylation sites (tertiary alicyclic amines) is 1. The molecule has 110 valence electrons. The van der Waals surface area contributed by atoms with E-state index < -0.39 is 0 Å². The Morgan fingerprint density at radius 1 is 1.24 bits per heavy atom. The van der Waals surface area contributed by atoms with Crippen LogP contribution in [0.25, 0.3) is 0 Å². The van der Waals surface area contributed by atoms with Gasteiger partial charge in [-0.05, 0) is 49.9 Å². The standard InChI is InChI=1S/C17H20BrN3/c18-17-6-2-1-5-16(17)15-7-10-21(11-8-15)13-14(12-20)4-3-9-19/h1-2,5-6,14-15H,3-4,7-8,10-11,13H2. The van der Waals surface area contributed by atoms with Crippen molar-refractivity contribution in [3.63, 3.8) is 0 Å². The second-order valence-corrected chi connectivity index (χ2v) is 6.47. The van der Waals surface area contributed by atoms with Crippen LogP contribution < -0.4 is 0 Å². The topological polar surface area (TPSA) is 50.8 Å². The van der Waals surface area contributed by atoms with Crippen LogP contribution in [-0.2, 0) is 0 Å². The lowest BCUT2D eigenvalue weighted by Crippen LogP contribution is -2.36. The third-order valence-corrected chi connectivity index (χ3v) is 4.92. The monoisotopic (exact) mass is 345 g/mol. The molecule has 1 saturated heterocycles. The van der Waals surface area contributed by atoms with E-state index >= 15 is 0 Å². The first-order chi connectivity index (χ1) is 10.2. The van der Waals surface area contributed by atoms with E-state index in [-0.39, 0.29) is 5.92 Å². The highest BCUT2D eigenvalue weighted by molar-refractivity contribution is 9.10. The molecule has 1 unspecified atom stereocenters. The molecule has 1 fully saturated rings. The van der Waals surface area contributed by atoms with Crippen LogP contribution in [0, 0.1) is 28.6 Å². The van der Waals surface area contributed by atoms with Gasteiger partial charge < -0.3 is 4.90 Å². The molecule has 1 aromatic rings. The average molecular weight is 346 g/mol. The molecule has 0 saturated carbocycles. The maximum atomic E-state index is 9.16. The molecule has 0 aromatic heterocycles. The smallest absolute Gasteiger partial charge is 0.0669 e. The highest BCUT2D eigenvalue weighted by Crippen LogP contribution is 2.33. The number of piperidine rings is 1. The van der Waals surface area contributed by atoms with E-state index in [0.717, 1.165) is 32.5 Å². The maximum Gasteiger partial charge on any atom is 0.0669 e. The summed E-state index contributed by atoms with van der Waals surface area (Å²) in [4.78, 5) is 2.37. The number of hydrogen-bond acceptors (Lipinski definition) is 3. The van der Waals surface area contributed by atoms with E-state index in [9.17, 15) is 0 Å². The molecule has 1 aliphatic heterocycles. The van der Waals surface area contributed by atoms with Crippen LogP contribution in [-0.4, -0.2) is 24.5 Å². The lowest BCUT2D eigenvalue weighted by Gasteiger charge is -2.33. The Kier molecular flexibility index (Phi) is 6.23. The molecule has 0 amide bonds. The van der Waals surface area contributed by atoms with Crippen LogP contribution in [0.1, 0.15) is 37.2 Å². The van der Waals surface area contributed by atoms with Crippen LogP contribution in [0.3, 0.4) is 0 Å². The molecule has 2 rings (SSSR count). The van der Waals surface area contributed by atoms with Crippen LogP contribution in [0.4, 0.5) is 0 Å². The van der Waals surface area contributed by atoms with Gasteiger partial charge in [-0.15, -0.1) is 0 Å². The molecule has 3 nitrogen and oxygen atoms in total. The van der Waals surface area contributed by atoms with E-state index in [1.807, 2.05) is 0 Å². The molecule has 4 heteroatoms. The van der Waals surface area contributed by atoms with Gasteiger partial charge in [0.25, 0.3) is 0 Å². The minimum Gasteiger partial charge on any atom is -0.302 e. The second kappa shape index (κ2) is 8.17. The zero-order chi connectivity index (χ0) is 15.1. The summed E-state index contributed by atoms with van der Waals surface area (Å²) in [6.07, 6.45) is 3.45. The molecule has 1 heterocycles. The SMILES string of the molecule is N#CCCC(C#N)CN1CCC(c2ccccc2Br)CC1. The van der Waals surface area contributed by atoms with Crippen LogP contribution in [0.5, 0.6) is 0 Å². The van der Waals surface area contributed by atoms with Gasteiger partial charge in [0.15, 0.2) is 0 Å². The summed E-state index contributed by atoms with van der Waals surface area (Å²) >= 11 is 3.64. The zero-order valence-electron chi connectivity index (χ0n) is 12.1. The average Bonchev–Trinajstić information content (AvgIpc) is 2.52. The van der Waals surface area contributed by atoms with Gasteiger partial charge in [0.1, 0.15) is 0 Å². The lowest BCUT2D eigenvalue weighted by atomic mass is 9.89. The largest absolute Gasteiger partial charge is 0.302 e. The van der Waals surface area contributed by atoms with Gasteiger partial charge in [-0.3, -0.25) is 0 Å².